The molecule has 4 nitrogen and oxygen atoms in total. The molecule has 1 saturated heterocycles. The van der Waals surface area contributed by atoms with Gasteiger partial charge in [-0.25, -0.2) is 0 Å². The van der Waals surface area contributed by atoms with Crippen LogP contribution in [0.15, 0.2) is 74.5 Å². The molecular weight excluding hydrogens is 470 g/mol. The number of halogens is 1. The highest BCUT2D eigenvalue weighted by molar-refractivity contribution is 9.10. The third-order valence-corrected chi connectivity index (χ3v) is 6.06. The van der Waals surface area contributed by atoms with E-state index < -0.39 is 0 Å². The average Bonchev–Trinajstić information content (AvgIpc) is 3.28. The second kappa shape index (κ2) is 8.57. The first-order valence-corrected chi connectivity index (χ1v) is 10.9. The Kier molecular flexibility index (Phi) is 5.89. The Labute approximate surface area is 186 Å². The predicted molar refractivity (Wildman–Crippen MR) is 125 cm³/mol. The minimum Gasteiger partial charge on any atom is -0.494 e. The molecule has 1 fully saturated rings. The van der Waals surface area contributed by atoms with Crippen molar-refractivity contribution in [3.05, 3.63) is 75.8 Å². The molecule has 1 aromatic heterocycles. The van der Waals surface area contributed by atoms with Crippen molar-refractivity contribution in [1.82, 2.24) is 0 Å². The number of ether oxygens (including phenoxy) is 1. The van der Waals surface area contributed by atoms with Crippen LogP contribution in [0.4, 0.5) is 5.69 Å². The van der Waals surface area contributed by atoms with Gasteiger partial charge in [0.1, 0.15) is 17.3 Å². The molecule has 4 rings (SSSR count). The largest absolute Gasteiger partial charge is 0.494 e. The summed E-state index contributed by atoms with van der Waals surface area (Å²) >= 11 is 10.1. The molecule has 1 aliphatic rings. The number of thiocarbonyl (C=S) groups is 1. The summed E-state index contributed by atoms with van der Waals surface area (Å²) in [5, 5.41) is 0. The smallest absolute Gasteiger partial charge is 0.270 e. The summed E-state index contributed by atoms with van der Waals surface area (Å²) in [6, 6.07) is 18.9. The van der Waals surface area contributed by atoms with Gasteiger partial charge in [0.15, 0.2) is 4.32 Å². The van der Waals surface area contributed by atoms with E-state index in [4.69, 9.17) is 21.4 Å². The van der Waals surface area contributed by atoms with E-state index in [0.717, 1.165) is 21.5 Å². The summed E-state index contributed by atoms with van der Waals surface area (Å²) in [7, 11) is 0. The Balaban J connectivity index is 1.55. The van der Waals surface area contributed by atoms with Crippen molar-refractivity contribution in [2.24, 2.45) is 0 Å². The zero-order valence-corrected chi connectivity index (χ0v) is 18.6. The average molecular weight is 486 g/mol. The number of nitrogens with zero attached hydrogens (tertiary/aromatic N) is 1. The molecular formula is C22H16BrNO3S2. The zero-order chi connectivity index (χ0) is 20.4. The van der Waals surface area contributed by atoms with Gasteiger partial charge in [0.25, 0.3) is 5.91 Å². The minimum atomic E-state index is -0.161. The molecule has 0 unspecified atom stereocenters. The van der Waals surface area contributed by atoms with Gasteiger partial charge in [-0.15, -0.1) is 0 Å². The number of amides is 1. The van der Waals surface area contributed by atoms with Crippen LogP contribution in [0.1, 0.15) is 12.7 Å². The second-order valence-electron chi connectivity index (χ2n) is 6.15. The van der Waals surface area contributed by atoms with Crippen LogP contribution in [-0.2, 0) is 4.79 Å². The lowest BCUT2D eigenvalue weighted by Gasteiger charge is -2.15. The summed E-state index contributed by atoms with van der Waals surface area (Å²) in [5.74, 6) is 1.94. The number of furan rings is 1. The maximum Gasteiger partial charge on any atom is 0.270 e. The molecule has 3 aromatic rings. The van der Waals surface area contributed by atoms with Gasteiger partial charge in [-0.2, -0.15) is 0 Å². The first-order valence-electron chi connectivity index (χ1n) is 8.92. The Morgan fingerprint density at radius 3 is 2.52 bits per heavy atom. The number of anilines is 1. The van der Waals surface area contributed by atoms with E-state index >= 15 is 0 Å². The van der Waals surface area contributed by atoms with Crippen molar-refractivity contribution in [3.8, 4) is 17.1 Å². The van der Waals surface area contributed by atoms with Crippen molar-refractivity contribution in [1.29, 1.82) is 0 Å². The quantitative estimate of drug-likeness (QED) is 0.304. The van der Waals surface area contributed by atoms with Crippen LogP contribution < -0.4 is 9.64 Å². The summed E-state index contributed by atoms with van der Waals surface area (Å²) in [5.41, 5.74) is 1.68. The third kappa shape index (κ3) is 4.32. The fourth-order valence-corrected chi connectivity index (χ4v) is 4.42. The molecule has 0 aliphatic carbocycles. The number of hydrogen-bond donors (Lipinski definition) is 0. The lowest BCUT2D eigenvalue weighted by atomic mass is 10.2. The molecule has 2 heterocycles. The molecule has 0 N–H and O–H groups in total. The summed E-state index contributed by atoms with van der Waals surface area (Å²) in [6.45, 7) is 2.52. The minimum absolute atomic E-state index is 0.161. The Morgan fingerprint density at radius 1 is 1.10 bits per heavy atom. The van der Waals surface area contributed by atoms with E-state index in [9.17, 15) is 4.79 Å². The first-order chi connectivity index (χ1) is 14.0. The van der Waals surface area contributed by atoms with Gasteiger partial charge in [0.05, 0.1) is 17.2 Å². The van der Waals surface area contributed by atoms with E-state index in [1.165, 1.54) is 16.7 Å². The van der Waals surface area contributed by atoms with Gasteiger partial charge in [0.2, 0.25) is 0 Å². The number of carbonyl (C=O) groups is 1. The zero-order valence-electron chi connectivity index (χ0n) is 15.4. The molecule has 0 spiro atoms. The normalized spacial score (nSPS) is 15.4. The van der Waals surface area contributed by atoms with Crippen LogP contribution in [0.5, 0.6) is 5.75 Å². The van der Waals surface area contributed by atoms with E-state index in [-0.39, 0.29) is 5.91 Å². The molecule has 7 heteroatoms. The van der Waals surface area contributed by atoms with Gasteiger partial charge < -0.3 is 9.15 Å². The Morgan fingerprint density at radius 2 is 1.83 bits per heavy atom. The maximum atomic E-state index is 12.9. The standard InChI is InChI=1S/C22H16BrNO3S2/c1-2-26-17-9-7-16(8-10-17)24-21(25)20(29-22(24)28)13-18-11-12-19(27-18)14-3-5-15(23)6-4-14/h3-13H,2H2,1H3/b20-13+. The molecule has 2 aromatic carbocycles. The molecule has 29 heavy (non-hydrogen) atoms. The van der Waals surface area contributed by atoms with Crippen molar-refractivity contribution in [3.63, 3.8) is 0 Å². The van der Waals surface area contributed by atoms with Gasteiger partial charge in [0, 0.05) is 16.1 Å². The highest BCUT2D eigenvalue weighted by Gasteiger charge is 2.33. The van der Waals surface area contributed by atoms with Crippen LogP contribution in [0, 0.1) is 0 Å². The number of hydrogen-bond acceptors (Lipinski definition) is 5. The first kappa shape index (κ1) is 19.9. The van der Waals surface area contributed by atoms with Gasteiger partial charge >= 0.3 is 0 Å². The third-order valence-electron chi connectivity index (χ3n) is 4.23. The topological polar surface area (TPSA) is 42.7 Å². The van der Waals surface area contributed by atoms with E-state index in [1.54, 1.807) is 6.08 Å². The van der Waals surface area contributed by atoms with Crippen LogP contribution >= 0.6 is 39.9 Å². The van der Waals surface area contributed by atoms with Gasteiger partial charge in [-0.3, -0.25) is 9.69 Å². The van der Waals surface area contributed by atoms with Crippen molar-refractivity contribution >= 4 is 61.9 Å². The number of thioether (sulfide) groups is 1. The molecule has 0 saturated carbocycles. The predicted octanol–water partition coefficient (Wildman–Crippen LogP) is 6.51. The van der Waals surface area contributed by atoms with Gasteiger partial charge in [-0.1, -0.05) is 52.0 Å². The van der Waals surface area contributed by atoms with Crippen molar-refractivity contribution < 1.29 is 13.9 Å². The van der Waals surface area contributed by atoms with Crippen molar-refractivity contribution in [2.45, 2.75) is 6.92 Å². The lowest BCUT2D eigenvalue weighted by molar-refractivity contribution is -0.113. The number of carbonyl (C=O) groups excluding carboxylic acids is 1. The molecule has 1 aliphatic heterocycles. The maximum absolute atomic E-state index is 12.9. The Hall–Kier alpha value is -2.35. The summed E-state index contributed by atoms with van der Waals surface area (Å²) in [4.78, 5) is 15.0. The fourth-order valence-electron chi connectivity index (χ4n) is 2.88. The molecule has 1 amide bonds. The summed E-state index contributed by atoms with van der Waals surface area (Å²) in [6.07, 6.45) is 1.73. The Bertz CT molecular complexity index is 1090. The molecule has 0 atom stereocenters. The van der Waals surface area contributed by atoms with E-state index in [0.29, 0.717) is 27.3 Å². The molecule has 0 radical (unpaired) electrons. The highest BCUT2D eigenvalue weighted by Crippen LogP contribution is 2.37. The van der Waals surface area contributed by atoms with E-state index in [1.807, 2.05) is 67.6 Å². The van der Waals surface area contributed by atoms with Gasteiger partial charge in [-0.05, 0) is 55.5 Å². The number of rotatable bonds is 5. The SMILES string of the molecule is CCOc1ccc(N2C(=O)/C(=C\c3ccc(-c4ccc(Br)cc4)o3)SC2=S)cc1. The summed E-state index contributed by atoms with van der Waals surface area (Å²) < 4.78 is 12.9. The van der Waals surface area contributed by atoms with Crippen molar-refractivity contribution in [2.75, 3.05) is 11.5 Å². The fraction of sp³-hybridized carbons (Fsp3) is 0.0909. The lowest BCUT2D eigenvalue weighted by Crippen LogP contribution is -2.27. The molecule has 0 bridgehead atoms. The van der Waals surface area contributed by atoms with E-state index in [2.05, 4.69) is 15.9 Å². The van der Waals surface area contributed by atoms with Crippen LogP contribution in [0.25, 0.3) is 17.4 Å². The van der Waals surface area contributed by atoms with Crippen LogP contribution in [0.2, 0.25) is 0 Å². The monoisotopic (exact) mass is 485 g/mol. The van der Waals surface area contributed by atoms with Crippen LogP contribution in [0.3, 0.4) is 0 Å². The van der Waals surface area contributed by atoms with Crippen LogP contribution in [-0.4, -0.2) is 16.8 Å². The second-order valence-corrected chi connectivity index (χ2v) is 8.74. The molecule has 146 valence electrons. The highest BCUT2D eigenvalue weighted by atomic mass is 79.9. The number of benzene rings is 2.